The summed E-state index contributed by atoms with van der Waals surface area (Å²) in [5, 5.41) is 10.4. The van der Waals surface area contributed by atoms with E-state index in [0.29, 0.717) is 5.92 Å². The molecule has 2 unspecified atom stereocenters. The van der Waals surface area contributed by atoms with Gasteiger partial charge in [-0.2, -0.15) is 0 Å². The Bertz CT molecular complexity index is 847. The molecule has 1 amide bonds. The van der Waals surface area contributed by atoms with E-state index in [2.05, 4.69) is 23.2 Å². The molecule has 2 heterocycles. The number of H-pyrrole nitrogens is 1. The Hall–Kier alpha value is -2.30. The van der Waals surface area contributed by atoms with Crippen molar-refractivity contribution >= 4 is 22.8 Å². The zero-order valence-corrected chi connectivity index (χ0v) is 14.8. The maximum absolute atomic E-state index is 12.9. The monoisotopic (exact) mass is 352 g/mol. The number of rotatable bonds is 3. The minimum absolute atomic E-state index is 0.0424. The lowest BCUT2D eigenvalue weighted by molar-refractivity contribution is -0.146. The Labute approximate surface area is 152 Å². The first-order valence-corrected chi connectivity index (χ1v) is 9.65. The summed E-state index contributed by atoms with van der Waals surface area (Å²) in [6, 6.07) is 10.5. The first-order valence-electron chi connectivity index (χ1n) is 9.65. The van der Waals surface area contributed by atoms with E-state index in [0.717, 1.165) is 50.7 Å². The molecule has 2 aromatic rings. The molecular weight excluding hydrogens is 328 g/mol. The van der Waals surface area contributed by atoms with Gasteiger partial charge in [-0.25, -0.2) is 0 Å². The number of benzene rings is 1. The first-order chi connectivity index (χ1) is 12.6. The van der Waals surface area contributed by atoms with Crippen LogP contribution in [-0.2, 0) is 9.59 Å². The van der Waals surface area contributed by atoms with Gasteiger partial charge in [-0.05, 0) is 55.0 Å². The van der Waals surface area contributed by atoms with Crippen LogP contribution in [0, 0.1) is 17.3 Å². The number of hydrogen-bond acceptors (Lipinski definition) is 2. The normalized spacial score (nSPS) is 33.2. The number of fused-ring (bicyclic) bond motifs is 1. The van der Waals surface area contributed by atoms with Crippen LogP contribution < -0.4 is 0 Å². The van der Waals surface area contributed by atoms with Gasteiger partial charge in [-0.1, -0.05) is 18.2 Å². The van der Waals surface area contributed by atoms with Gasteiger partial charge < -0.3 is 15.0 Å². The molecule has 26 heavy (non-hydrogen) atoms. The third-order valence-corrected chi connectivity index (χ3v) is 6.87. The lowest BCUT2D eigenvalue weighted by atomic mass is 9.69. The maximum Gasteiger partial charge on any atom is 0.307 e. The smallest absolute Gasteiger partial charge is 0.307 e. The minimum Gasteiger partial charge on any atom is -0.481 e. The molecule has 136 valence electrons. The summed E-state index contributed by atoms with van der Waals surface area (Å²) in [6.45, 7) is 1.61. The third-order valence-electron chi connectivity index (χ3n) is 6.87. The standard InChI is InChI=1S/C21H24N2O3/c24-19(15-9-21(10-15)11-16(21)20(25)26)23-7-3-5-14(12-23)18-8-13-4-1-2-6-17(13)22-18/h1-2,4,6,8,14-16,22H,3,5,7,9-12H2,(H,25,26). The number of para-hydroxylation sites is 1. The minimum atomic E-state index is -0.687. The van der Waals surface area contributed by atoms with Crippen LogP contribution in [0.1, 0.15) is 43.7 Å². The molecule has 5 heteroatoms. The summed E-state index contributed by atoms with van der Waals surface area (Å²) in [7, 11) is 0. The number of nitrogens with zero attached hydrogens (tertiary/aromatic N) is 1. The van der Waals surface area contributed by atoms with Gasteiger partial charge in [-0.3, -0.25) is 9.59 Å². The Kier molecular flexibility index (Phi) is 3.43. The number of carboxylic acid groups (broad SMARTS) is 1. The number of carboxylic acids is 1. The van der Waals surface area contributed by atoms with E-state index >= 15 is 0 Å². The van der Waals surface area contributed by atoms with Crippen molar-refractivity contribution in [3.63, 3.8) is 0 Å². The van der Waals surface area contributed by atoms with Crippen LogP contribution in [-0.4, -0.2) is 40.0 Å². The highest BCUT2D eigenvalue weighted by molar-refractivity contribution is 5.83. The average Bonchev–Trinajstić information content (AvgIpc) is 3.24. The van der Waals surface area contributed by atoms with Crippen LogP contribution in [0.5, 0.6) is 0 Å². The summed E-state index contributed by atoms with van der Waals surface area (Å²) in [5.74, 6) is -0.241. The van der Waals surface area contributed by atoms with Crippen molar-refractivity contribution in [1.29, 1.82) is 0 Å². The molecule has 2 atom stereocenters. The highest BCUT2D eigenvalue weighted by Gasteiger charge is 2.66. The SMILES string of the molecule is O=C(O)C1CC12CC(C(=O)N1CCCC(c3cc4ccccc4[nH]3)C1)C2. The van der Waals surface area contributed by atoms with E-state index in [9.17, 15) is 9.59 Å². The fourth-order valence-corrected chi connectivity index (χ4v) is 5.25. The summed E-state index contributed by atoms with van der Waals surface area (Å²) in [4.78, 5) is 29.6. The highest BCUT2D eigenvalue weighted by Crippen LogP contribution is 2.68. The van der Waals surface area contributed by atoms with E-state index in [1.807, 2.05) is 17.0 Å². The Morgan fingerprint density at radius 1 is 1.19 bits per heavy atom. The van der Waals surface area contributed by atoms with Crippen molar-refractivity contribution < 1.29 is 14.7 Å². The summed E-state index contributed by atoms with van der Waals surface area (Å²) < 4.78 is 0. The number of hydrogen-bond donors (Lipinski definition) is 2. The van der Waals surface area contributed by atoms with Crippen molar-refractivity contribution in [2.45, 2.75) is 38.0 Å². The number of aromatic nitrogens is 1. The van der Waals surface area contributed by atoms with Crippen LogP contribution in [0.3, 0.4) is 0 Å². The molecule has 1 aliphatic heterocycles. The number of amides is 1. The van der Waals surface area contributed by atoms with Crippen molar-refractivity contribution in [2.75, 3.05) is 13.1 Å². The van der Waals surface area contributed by atoms with Gasteiger partial charge in [0.15, 0.2) is 0 Å². The van der Waals surface area contributed by atoms with Crippen LogP contribution in [0.15, 0.2) is 30.3 Å². The van der Waals surface area contributed by atoms with Gasteiger partial charge in [0.05, 0.1) is 5.92 Å². The van der Waals surface area contributed by atoms with Gasteiger partial charge >= 0.3 is 5.97 Å². The Morgan fingerprint density at radius 2 is 2.00 bits per heavy atom. The second kappa shape index (κ2) is 5.60. The second-order valence-electron chi connectivity index (χ2n) is 8.50. The van der Waals surface area contributed by atoms with E-state index < -0.39 is 5.97 Å². The molecule has 2 saturated carbocycles. The molecule has 5 rings (SSSR count). The van der Waals surface area contributed by atoms with Crippen LogP contribution >= 0.6 is 0 Å². The van der Waals surface area contributed by atoms with E-state index in [-0.39, 0.29) is 23.2 Å². The number of aliphatic carboxylic acids is 1. The topological polar surface area (TPSA) is 73.4 Å². The Morgan fingerprint density at radius 3 is 2.73 bits per heavy atom. The largest absolute Gasteiger partial charge is 0.481 e. The van der Waals surface area contributed by atoms with E-state index in [1.165, 1.54) is 11.1 Å². The van der Waals surface area contributed by atoms with Crippen LogP contribution in [0.4, 0.5) is 0 Å². The Balaban J connectivity index is 1.25. The molecule has 1 spiro atoms. The number of piperidine rings is 1. The molecule has 3 aliphatic rings. The molecular formula is C21H24N2O3. The first kappa shape index (κ1) is 15.9. The molecule has 1 aromatic heterocycles. The fraction of sp³-hybridized carbons (Fsp3) is 0.524. The quantitative estimate of drug-likeness (QED) is 0.889. The zero-order valence-electron chi connectivity index (χ0n) is 14.8. The van der Waals surface area contributed by atoms with E-state index in [1.54, 1.807) is 0 Å². The molecule has 3 fully saturated rings. The van der Waals surface area contributed by atoms with Crippen molar-refractivity contribution in [1.82, 2.24) is 9.88 Å². The predicted molar refractivity (Wildman–Crippen MR) is 97.8 cm³/mol. The van der Waals surface area contributed by atoms with Gasteiger partial charge in [0.2, 0.25) is 5.91 Å². The molecule has 2 N–H and O–H groups in total. The van der Waals surface area contributed by atoms with Gasteiger partial charge in [0, 0.05) is 36.1 Å². The molecule has 2 aliphatic carbocycles. The lowest BCUT2D eigenvalue weighted by Crippen LogP contribution is -2.47. The average molecular weight is 352 g/mol. The molecule has 1 aromatic carbocycles. The molecule has 0 bridgehead atoms. The molecule has 1 saturated heterocycles. The lowest BCUT2D eigenvalue weighted by Gasteiger charge is -2.41. The summed E-state index contributed by atoms with van der Waals surface area (Å²) in [5.41, 5.74) is 2.33. The molecule has 5 nitrogen and oxygen atoms in total. The number of carbonyl (C=O) groups is 2. The number of aromatic amines is 1. The van der Waals surface area contributed by atoms with Gasteiger partial charge in [-0.15, -0.1) is 0 Å². The van der Waals surface area contributed by atoms with Gasteiger partial charge in [0.25, 0.3) is 0 Å². The van der Waals surface area contributed by atoms with Crippen LogP contribution in [0.2, 0.25) is 0 Å². The highest BCUT2D eigenvalue weighted by atomic mass is 16.4. The number of nitrogens with one attached hydrogen (secondary N) is 1. The third kappa shape index (κ3) is 2.44. The van der Waals surface area contributed by atoms with Gasteiger partial charge in [0.1, 0.15) is 0 Å². The zero-order chi connectivity index (χ0) is 17.9. The predicted octanol–water partition coefficient (Wildman–Crippen LogP) is 3.37. The van der Waals surface area contributed by atoms with E-state index in [4.69, 9.17) is 5.11 Å². The van der Waals surface area contributed by atoms with Crippen LogP contribution in [0.25, 0.3) is 10.9 Å². The van der Waals surface area contributed by atoms with Crippen molar-refractivity contribution in [3.8, 4) is 0 Å². The number of likely N-dealkylation sites (tertiary alicyclic amines) is 1. The number of carbonyl (C=O) groups excluding carboxylic acids is 1. The summed E-state index contributed by atoms with van der Waals surface area (Å²) in [6.07, 6.45) is 4.45. The summed E-state index contributed by atoms with van der Waals surface area (Å²) >= 11 is 0. The molecule has 0 radical (unpaired) electrons. The van der Waals surface area contributed by atoms with Crippen molar-refractivity contribution in [2.24, 2.45) is 17.3 Å². The fourth-order valence-electron chi connectivity index (χ4n) is 5.25. The second-order valence-corrected chi connectivity index (χ2v) is 8.50. The van der Waals surface area contributed by atoms with Crippen molar-refractivity contribution in [3.05, 3.63) is 36.0 Å². The maximum atomic E-state index is 12.9.